The molecule has 1 fully saturated rings. The van der Waals surface area contributed by atoms with Crippen molar-refractivity contribution in [1.82, 2.24) is 0 Å². The van der Waals surface area contributed by atoms with Crippen molar-refractivity contribution in [1.29, 1.82) is 0 Å². The van der Waals surface area contributed by atoms with E-state index in [2.05, 4.69) is 6.92 Å². The second-order valence-electron chi connectivity index (χ2n) is 3.12. The van der Waals surface area contributed by atoms with E-state index in [4.69, 9.17) is 11.5 Å². The number of hydrogen-bond acceptors (Lipinski definition) is 2. The van der Waals surface area contributed by atoms with Crippen LogP contribution in [0.5, 0.6) is 0 Å². The zero-order chi connectivity index (χ0) is 6.85. The second kappa shape index (κ2) is 6.06. The Morgan fingerprint density at radius 3 is 1.64 bits per heavy atom. The molecule has 1 aliphatic carbocycles. The number of hydrogen-bond donors (Lipinski definition) is 2. The molecule has 1 rings (SSSR count). The molecule has 0 bridgehead atoms. The molecule has 0 aromatic heterocycles. The molecule has 0 aromatic rings. The lowest BCUT2D eigenvalue weighted by atomic mass is 9.83. The fourth-order valence-corrected chi connectivity index (χ4v) is 1.43. The number of nitrogens with two attached hydrogens (primary N) is 2. The minimum absolute atomic E-state index is 0. The topological polar surface area (TPSA) is 52.0 Å². The van der Waals surface area contributed by atoms with Gasteiger partial charge in [0.2, 0.25) is 0 Å². The highest BCUT2D eigenvalue weighted by atomic mass is 35.5. The van der Waals surface area contributed by atoms with Gasteiger partial charge in [0.1, 0.15) is 0 Å². The van der Waals surface area contributed by atoms with E-state index < -0.39 is 0 Å². The van der Waals surface area contributed by atoms with Crippen LogP contribution in [0.4, 0.5) is 0 Å². The molecule has 2 nitrogen and oxygen atoms in total. The molecule has 0 saturated heterocycles. The van der Waals surface area contributed by atoms with Crippen LogP contribution in [0.15, 0.2) is 0 Å². The Bertz CT molecular complexity index is 90.4. The smallest absolute Gasteiger partial charge is 0.00792 e. The molecule has 3 atom stereocenters. The molecule has 0 aliphatic heterocycles. The van der Waals surface area contributed by atoms with Crippen LogP contribution >= 0.6 is 24.8 Å². The van der Waals surface area contributed by atoms with Crippen molar-refractivity contribution in [3.8, 4) is 0 Å². The Kier molecular flexibility index (Phi) is 7.75. The summed E-state index contributed by atoms with van der Waals surface area (Å²) in [6, 6.07) is 0.711. The fourth-order valence-electron chi connectivity index (χ4n) is 1.43. The standard InChI is InChI=1S/C7H16N2.2ClH/c1-5-6(8)3-2-4-7(5)9;;/h5-7H,2-4,8-9H2,1H3;2*1H/t5?,6-,7+;;. The van der Waals surface area contributed by atoms with Gasteiger partial charge in [0, 0.05) is 12.1 Å². The van der Waals surface area contributed by atoms with E-state index in [1.54, 1.807) is 0 Å². The maximum absolute atomic E-state index is 5.79. The Labute approximate surface area is 80.9 Å². The first-order chi connectivity index (χ1) is 4.22. The monoisotopic (exact) mass is 200 g/mol. The van der Waals surface area contributed by atoms with E-state index in [-0.39, 0.29) is 24.8 Å². The second-order valence-corrected chi connectivity index (χ2v) is 3.12. The third-order valence-corrected chi connectivity index (χ3v) is 2.43. The average Bonchev–Trinajstić information content (AvgIpc) is 1.83. The molecule has 4 N–H and O–H groups in total. The molecular formula is C7H18Cl2N2. The molecule has 0 radical (unpaired) electrons. The van der Waals surface area contributed by atoms with Crippen molar-refractivity contribution in [3.05, 3.63) is 0 Å². The van der Waals surface area contributed by atoms with Crippen molar-refractivity contribution in [3.63, 3.8) is 0 Å². The Hall–Kier alpha value is 0.500. The van der Waals surface area contributed by atoms with E-state index in [0.29, 0.717) is 18.0 Å². The zero-order valence-corrected chi connectivity index (χ0v) is 8.46. The first kappa shape index (κ1) is 14.0. The van der Waals surface area contributed by atoms with Crippen LogP contribution in [0.2, 0.25) is 0 Å². The zero-order valence-electron chi connectivity index (χ0n) is 6.82. The third-order valence-electron chi connectivity index (χ3n) is 2.43. The molecule has 0 amide bonds. The van der Waals surface area contributed by atoms with Crippen molar-refractivity contribution in [2.75, 3.05) is 0 Å². The molecule has 1 saturated carbocycles. The summed E-state index contributed by atoms with van der Waals surface area (Å²) in [5.41, 5.74) is 11.6. The average molecular weight is 201 g/mol. The van der Waals surface area contributed by atoms with Crippen LogP contribution in [0.25, 0.3) is 0 Å². The highest BCUT2D eigenvalue weighted by Crippen LogP contribution is 2.20. The van der Waals surface area contributed by atoms with Gasteiger partial charge in [-0.1, -0.05) is 13.3 Å². The summed E-state index contributed by atoms with van der Waals surface area (Å²) in [7, 11) is 0. The predicted octanol–water partition coefficient (Wildman–Crippen LogP) is 1.30. The molecular weight excluding hydrogens is 183 g/mol. The van der Waals surface area contributed by atoms with Crippen molar-refractivity contribution in [2.45, 2.75) is 38.3 Å². The van der Waals surface area contributed by atoms with Crippen LogP contribution in [0.1, 0.15) is 26.2 Å². The first-order valence-corrected chi connectivity index (χ1v) is 3.73. The first-order valence-electron chi connectivity index (χ1n) is 3.73. The minimum Gasteiger partial charge on any atom is -0.327 e. The molecule has 70 valence electrons. The summed E-state index contributed by atoms with van der Waals surface area (Å²) < 4.78 is 0. The Balaban J connectivity index is 0. The SMILES string of the molecule is CC1[C@H](N)CCC[C@@H]1N.Cl.Cl. The molecule has 0 spiro atoms. The number of rotatable bonds is 0. The lowest BCUT2D eigenvalue weighted by Gasteiger charge is -2.30. The van der Waals surface area contributed by atoms with Gasteiger partial charge in [0.25, 0.3) is 0 Å². The lowest BCUT2D eigenvalue weighted by Crippen LogP contribution is -2.44. The van der Waals surface area contributed by atoms with E-state index >= 15 is 0 Å². The minimum atomic E-state index is 0. The van der Waals surface area contributed by atoms with Crippen LogP contribution in [-0.2, 0) is 0 Å². The molecule has 4 heteroatoms. The lowest BCUT2D eigenvalue weighted by molar-refractivity contribution is 0.287. The number of halogens is 2. The quantitative estimate of drug-likeness (QED) is 0.620. The van der Waals surface area contributed by atoms with Gasteiger partial charge in [-0.2, -0.15) is 0 Å². The predicted molar refractivity (Wildman–Crippen MR) is 53.5 cm³/mol. The van der Waals surface area contributed by atoms with Crippen molar-refractivity contribution in [2.24, 2.45) is 17.4 Å². The molecule has 1 unspecified atom stereocenters. The summed E-state index contributed by atoms with van der Waals surface area (Å²) in [5, 5.41) is 0. The van der Waals surface area contributed by atoms with E-state index in [9.17, 15) is 0 Å². The van der Waals surface area contributed by atoms with Gasteiger partial charge < -0.3 is 11.5 Å². The summed E-state index contributed by atoms with van der Waals surface area (Å²) >= 11 is 0. The van der Waals surface area contributed by atoms with Gasteiger partial charge in [-0.25, -0.2) is 0 Å². The van der Waals surface area contributed by atoms with E-state index in [0.717, 1.165) is 12.8 Å². The summed E-state index contributed by atoms with van der Waals surface area (Å²) in [6.45, 7) is 2.15. The highest BCUT2D eigenvalue weighted by Gasteiger charge is 2.23. The van der Waals surface area contributed by atoms with E-state index in [1.165, 1.54) is 6.42 Å². The van der Waals surface area contributed by atoms with Gasteiger partial charge in [0.05, 0.1) is 0 Å². The largest absolute Gasteiger partial charge is 0.327 e. The third kappa shape index (κ3) is 3.61. The Morgan fingerprint density at radius 1 is 1.00 bits per heavy atom. The summed E-state index contributed by atoms with van der Waals surface area (Å²) in [6.07, 6.45) is 3.54. The molecule has 11 heavy (non-hydrogen) atoms. The molecule has 1 aliphatic rings. The van der Waals surface area contributed by atoms with Gasteiger partial charge in [0.15, 0.2) is 0 Å². The molecule has 0 heterocycles. The van der Waals surface area contributed by atoms with Gasteiger partial charge in [-0.3, -0.25) is 0 Å². The van der Waals surface area contributed by atoms with Crippen LogP contribution in [0.3, 0.4) is 0 Å². The van der Waals surface area contributed by atoms with Crippen LogP contribution < -0.4 is 11.5 Å². The summed E-state index contributed by atoms with van der Waals surface area (Å²) in [4.78, 5) is 0. The van der Waals surface area contributed by atoms with Crippen LogP contribution in [-0.4, -0.2) is 12.1 Å². The van der Waals surface area contributed by atoms with Crippen molar-refractivity contribution < 1.29 is 0 Å². The van der Waals surface area contributed by atoms with Gasteiger partial charge >= 0.3 is 0 Å². The normalized spacial score (nSPS) is 36.8. The Morgan fingerprint density at radius 2 is 1.36 bits per heavy atom. The van der Waals surface area contributed by atoms with Crippen molar-refractivity contribution >= 4 is 24.8 Å². The maximum atomic E-state index is 5.79. The van der Waals surface area contributed by atoms with Gasteiger partial charge in [-0.15, -0.1) is 24.8 Å². The van der Waals surface area contributed by atoms with Crippen LogP contribution in [0, 0.1) is 5.92 Å². The fraction of sp³-hybridized carbons (Fsp3) is 1.00. The van der Waals surface area contributed by atoms with E-state index in [1.807, 2.05) is 0 Å². The maximum Gasteiger partial charge on any atom is 0.00792 e. The molecule has 0 aromatic carbocycles. The highest BCUT2D eigenvalue weighted by molar-refractivity contribution is 5.85. The van der Waals surface area contributed by atoms with Gasteiger partial charge in [-0.05, 0) is 18.8 Å². The summed E-state index contributed by atoms with van der Waals surface area (Å²) in [5.74, 6) is 0.527.